The monoisotopic (exact) mass is 536 g/mol. The summed E-state index contributed by atoms with van der Waals surface area (Å²) >= 11 is 0. The molecule has 0 amide bonds. The van der Waals surface area contributed by atoms with Gasteiger partial charge in [0.1, 0.15) is 5.60 Å². The average molecular weight is 537 g/mol. The van der Waals surface area contributed by atoms with Crippen molar-refractivity contribution in [3.8, 4) is 0 Å². The van der Waals surface area contributed by atoms with Gasteiger partial charge in [0.15, 0.2) is 9.84 Å². The largest absolute Gasteiger partial charge is 0.459 e. The Labute approximate surface area is 216 Å². The molecule has 7 nitrogen and oxygen atoms in total. The number of halogens is 2. The van der Waals surface area contributed by atoms with Gasteiger partial charge in [-0.05, 0) is 70.0 Å². The molecule has 2 heterocycles. The molecular formula is C27H34F2N2O5S. The molecule has 2 aromatic heterocycles. The molecular weight excluding hydrogens is 502 g/mol. The number of hydrogen-bond acceptors (Lipinski definition) is 6. The van der Waals surface area contributed by atoms with Gasteiger partial charge >= 0.3 is 5.97 Å². The number of sulfone groups is 1. The van der Waals surface area contributed by atoms with Gasteiger partial charge in [-0.3, -0.25) is 14.6 Å². The van der Waals surface area contributed by atoms with Gasteiger partial charge in [0, 0.05) is 24.9 Å². The molecule has 1 aliphatic rings. The van der Waals surface area contributed by atoms with E-state index in [1.165, 1.54) is 25.1 Å². The second-order valence-corrected chi connectivity index (χ2v) is 12.6. The molecule has 0 saturated carbocycles. The van der Waals surface area contributed by atoms with Crippen molar-refractivity contribution in [3.63, 3.8) is 0 Å². The summed E-state index contributed by atoms with van der Waals surface area (Å²) < 4.78 is 61.2. The molecule has 2 aromatic rings. The first-order valence-electron chi connectivity index (χ1n) is 12.3. The van der Waals surface area contributed by atoms with E-state index in [9.17, 15) is 26.8 Å². The summed E-state index contributed by atoms with van der Waals surface area (Å²) in [5.74, 6) is -5.35. The van der Waals surface area contributed by atoms with Gasteiger partial charge in [0.25, 0.3) is 11.5 Å². The standard InChI is InChI=1S/C27H34F2N2O5S/c1-9-31-21(27(8,28)29)14-17-13-18(15(3)22(17)24(31)32)23-20(37(34,35)10-2)12-11-19(30-23)16(4)25(33)36-26(5,6)7/h11-16H,9-10H2,1-8H3. The van der Waals surface area contributed by atoms with Crippen LogP contribution in [0.5, 0.6) is 0 Å². The lowest BCUT2D eigenvalue weighted by Gasteiger charge is -2.23. The van der Waals surface area contributed by atoms with Gasteiger partial charge in [-0.15, -0.1) is 0 Å². The number of ether oxygens (including phenoxy) is 1. The Hall–Kier alpha value is -2.88. The van der Waals surface area contributed by atoms with Crippen LogP contribution in [-0.4, -0.2) is 35.3 Å². The molecule has 0 aromatic carbocycles. The van der Waals surface area contributed by atoms with Crippen LogP contribution in [0.2, 0.25) is 0 Å². The van der Waals surface area contributed by atoms with E-state index in [1.807, 2.05) is 0 Å². The van der Waals surface area contributed by atoms with Crippen molar-refractivity contribution in [2.75, 3.05) is 5.75 Å². The van der Waals surface area contributed by atoms with Crippen LogP contribution in [0.15, 0.2) is 27.9 Å². The summed E-state index contributed by atoms with van der Waals surface area (Å²) in [7, 11) is -3.75. The molecule has 3 rings (SSSR count). The number of hydrogen-bond donors (Lipinski definition) is 0. The molecule has 0 aliphatic heterocycles. The highest BCUT2D eigenvalue weighted by molar-refractivity contribution is 7.91. The van der Waals surface area contributed by atoms with Crippen LogP contribution in [0.1, 0.15) is 95.4 Å². The van der Waals surface area contributed by atoms with E-state index >= 15 is 0 Å². The van der Waals surface area contributed by atoms with Crippen molar-refractivity contribution in [1.29, 1.82) is 0 Å². The number of esters is 1. The molecule has 2 atom stereocenters. The van der Waals surface area contributed by atoms with Crippen LogP contribution in [-0.2, 0) is 31.8 Å². The van der Waals surface area contributed by atoms with E-state index in [2.05, 4.69) is 4.98 Å². The molecule has 0 saturated heterocycles. The van der Waals surface area contributed by atoms with Crippen LogP contribution < -0.4 is 5.56 Å². The van der Waals surface area contributed by atoms with Crippen LogP contribution in [0.4, 0.5) is 8.78 Å². The molecule has 1 aliphatic carbocycles. The number of carbonyl (C=O) groups is 1. The van der Waals surface area contributed by atoms with E-state index in [0.717, 1.165) is 11.5 Å². The Morgan fingerprint density at radius 1 is 1.19 bits per heavy atom. The van der Waals surface area contributed by atoms with E-state index in [4.69, 9.17) is 4.74 Å². The molecule has 2 unspecified atom stereocenters. The number of rotatable bonds is 7. The van der Waals surface area contributed by atoms with E-state index < -0.39 is 50.4 Å². The predicted octanol–water partition coefficient (Wildman–Crippen LogP) is 5.27. The number of alkyl halides is 2. The number of carbonyl (C=O) groups excluding carboxylic acids is 1. The lowest BCUT2D eigenvalue weighted by molar-refractivity contribution is -0.156. The normalized spacial score (nSPS) is 16.8. The third kappa shape index (κ3) is 5.54. The summed E-state index contributed by atoms with van der Waals surface area (Å²) in [6.07, 6.45) is 1.55. The van der Waals surface area contributed by atoms with Gasteiger partial charge in [-0.1, -0.05) is 13.8 Å². The number of nitrogens with zero attached hydrogens (tertiary/aromatic N) is 2. The highest BCUT2D eigenvalue weighted by Crippen LogP contribution is 2.43. The fourth-order valence-corrected chi connectivity index (χ4v) is 5.51. The molecule has 37 heavy (non-hydrogen) atoms. The van der Waals surface area contributed by atoms with Crippen molar-refractivity contribution < 1.29 is 26.7 Å². The number of pyridine rings is 2. The highest BCUT2D eigenvalue weighted by atomic mass is 32.2. The van der Waals surface area contributed by atoms with Crippen molar-refractivity contribution in [3.05, 3.63) is 56.8 Å². The Balaban J connectivity index is 2.24. The number of allylic oxidation sites excluding steroid dienone is 1. The maximum atomic E-state index is 14.4. The Kier molecular flexibility index (Phi) is 7.58. The van der Waals surface area contributed by atoms with Crippen molar-refractivity contribution in [2.24, 2.45) is 0 Å². The minimum absolute atomic E-state index is 0.0436. The Bertz CT molecular complexity index is 1430. The summed E-state index contributed by atoms with van der Waals surface area (Å²) in [6.45, 7) is 12.5. The zero-order valence-corrected chi connectivity index (χ0v) is 23.3. The average Bonchev–Trinajstić information content (AvgIpc) is 3.12. The fraction of sp³-hybridized carbons (Fsp3) is 0.519. The first-order valence-corrected chi connectivity index (χ1v) is 13.9. The molecule has 0 N–H and O–H groups in total. The van der Waals surface area contributed by atoms with Gasteiger partial charge in [0.05, 0.1) is 33.6 Å². The smallest absolute Gasteiger partial charge is 0.315 e. The van der Waals surface area contributed by atoms with Crippen LogP contribution in [0.25, 0.3) is 11.6 Å². The zero-order valence-electron chi connectivity index (χ0n) is 22.5. The summed E-state index contributed by atoms with van der Waals surface area (Å²) in [5, 5.41) is 0. The number of aromatic nitrogens is 2. The Morgan fingerprint density at radius 2 is 1.81 bits per heavy atom. The maximum absolute atomic E-state index is 14.4. The van der Waals surface area contributed by atoms with Crippen molar-refractivity contribution >= 4 is 27.5 Å². The summed E-state index contributed by atoms with van der Waals surface area (Å²) in [5.41, 5.74) is -0.254. The van der Waals surface area contributed by atoms with Gasteiger partial charge in [-0.2, -0.15) is 0 Å². The third-order valence-electron chi connectivity index (χ3n) is 6.42. The van der Waals surface area contributed by atoms with Crippen molar-refractivity contribution in [1.82, 2.24) is 9.55 Å². The van der Waals surface area contributed by atoms with E-state index in [-0.39, 0.29) is 22.9 Å². The number of fused-ring (bicyclic) bond motifs is 1. The van der Waals surface area contributed by atoms with Crippen LogP contribution >= 0.6 is 0 Å². The maximum Gasteiger partial charge on any atom is 0.315 e. The van der Waals surface area contributed by atoms with Crippen LogP contribution in [0, 0.1) is 0 Å². The Morgan fingerprint density at radius 3 is 2.32 bits per heavy atom. The predicted molar refractivity (Wildman–Crippen MR) is 138 cm³/mol. The second kappa shape index (κ2) is 9.78. The molecule has 10 heteroatoms. The van der Waals surface area contributed by atoms with E-state index in [0.29, 0.717) is 22.4 Å². The van der Waals surface area contributed by atoms with Gasteiger partial charge < -0.3 is 9.30 Å². The third-order valence-corrected chi connectivity index (χ3v) is 8.18. The SMILES string of the molecule is CCn1c(C(C)(F)F)cc2c(c1=O)C(C)C(c1nc(C(C)C(=O)OC(C)(C)C)ccc1S(=O)(=O)CC)=C2. The summed E-state index contributed by atoms with van der Waals surface area (Å²) in [4.78, 5) is 30.5. The minimum Gasteiger partial charge on any atom is -0.459 e. The molecule has 0 bridgehead atoms. The zero-order chi connectivity index (χ0) is 28.1. The quantitative estimate of drug-likeness (QED) is 0.448. The fourth-order valence-electron chi connectivity index (χ4n) is 4.46. The van der Waals surface area contributed by atoms with Gasteiger partial charge in [-0.25, -0.2) is 17.2 Å². The van der Waals surface area contributed by atoms with E-state index in [1.54, 1.807) is 47.6 Å². The lowest BCUT2D eigenvalue weighted by Crippen LogP contribution is -2.31. The lowest BCUT2D eigenvalue weighted by atomic mass is 9.95. The van der Waals surface area contributed by atoms with Crippen molar-refractivity contribution in [2.45, 2.75) is 90.2 Å². The van der Waals surface area contributed by atoms with Crippen LogP contribution in [0.3, 0.4) is 0 Å². The second-order valence-electron chi connectivity index (χ2n) is 10.4. The molecule has 0 spiro atoms. The first-order chi connectivity index (χ1) is 16.9. The van der Waals surface area contributed by atoms with Gasteiger partial charge in [0.2, 0.25) is 0 Å². The first kappa shape index (κ1) is 28.7. The minimum atomic E-state index is -3.75. The topological polar surface area (TPSA) is 95.3 Å². The highest BCUT2D eigenvalue weighted by Gasteiger charge is 2.36. The molecule has 0 radical (unpaired) electrons. The molecule has 0 fully saturated rings. The molecule has 202 valence electrons. The summed E-state index contributed by atoms with van der Waals surface area (Å²) in [6, 6.07) is 4.17.